The van der Waals surface area contributed by atoms with Crippen LogP contribution < -0.4 is 5.59 Å². The Bertz CT molecular complexity index is 273. The smallest absolute Gasteiger partial charge is 0.401 e. The minimum absolute atomic E-state index is 0.118. The van der Waals surface area contributed by atoms with Gasteiger partial charge in [0.1, 0.15) is 0 Å². The van der Waals surface area contributed by atoms with Crippen LogP contribution in [0.2, 0.25) is 0 Å². The van der Waals surface area contributed by atoms with Crippen LogP contribution >= 0.6 is 0 Å². The van der Waals surface area contributed by atoms with Gasteiger partial charge in [-0.05, 0) is 13.8 Å². The van der Waals surface area contributed by atoms with E-state index in [0.717, 1.165) is 5.59 Å². The summed E-state index contributed by atoms with van der Waals surface area (Å²) in [6.45, 7) is 3.97. The van der Waals surface area contributed by atoms with Gasteiger partial charge in [-0.1, -0.05) is 0 Å². The predicted octanol–water partition coefficient (Wildman–Crippen LogP) is -0.00440. The van der Waals surface area contributed by atoms with Gasteiger partial charge < -0.3 is 9.31 Å². The first kappa shape index (κ1) is 8.65. The first-order valence-electron chi connectivity index (χ1n) is 4.34. The molecule has 2 rings (SSSR count). The van der Waals surface area contributed by atoms with E-state index in [1.54, 1.807) is 18.6 Å². The molecule has 0 N–H and O–H groups in total. The lowest BCUT2D eigenvalue weighted by atomic mass is 9.86. The summed E-state index contributed by atoms with van der Waals surface area (Å²) >= 11 is 0. The fourth-order valence-electron chi connectivity index (χ4n) is 1.22. The van der Waals surface area contributed by atoms with Crippen molar-refractivity contribution < 1.29 is 9.31 Å². The second kappa shape index (κ2) is 3.43. The van der Waals surface area contributed by atoms with Gasteiger partial charge in [0, 0.05) is 18.6 Å². The Kier molecular flexibility index (Phi) is 2.29. The minimum Gasteiger partial charge on any atom is -0.401 e. The molecule has 1 aliphatic heterocycles. The highest BCUT2D eigenvalue weighted by atomic mass is 16.7. The Balaban J connectivity index is 2.12. The average molecular weight is 178 g/mol. The molecule has 0 aliphatic carbocycles. The largest absolute Gasteiger partial charge is 0.515 e. The lowest BCUT2D eigenvalue weighted by molar-refractivity contribution is 0.187. The molecule has 68 valence electrons. The summed E-state index contributed by atoms with van der Waals surface area (Å²) in [6, 6.07) is 0. The Morgan fingerprint density at radius 3 is 2.46 bits per heavy atom. The minimum atomic E-state index is -0.348. The second-order valence-electron chi connectivity index (χ2n) is 3.14. The highest BCUT2D eigenvalue weighted by Crippen LogP contribution is 2.14. The molecule has 1 fully saturated rings. The van der Waals surface area contributed by atoms with Crippen LogP contribution in [0.15, 0.2) is 18.6 Å². The molecule has 1 aromatic rings. The van der Waals surface area contributed by atoms with Crippen LogP contribution in [0.25, 0.3) is 0 Å². The molecule has 2 heterocycles. The van der Waals surface area contributed by atoms with Gasteiger partial charge in [0.25, 0.3) is 0 Å². The lowest BCUT2D eigenvalue weighted by Crippen LogP contribution is -2.35. The fraction of sp³-hybridized carbons (Fsp3) is 0.500. The molecule has 5 heteroatoms. The van der Waals surface area contributed by atoms with Crippen LogP contribution in [0, 0.1) is 0 Å². The molecule has 1 aliphatic rings. The number of hydrogen-bond donors (Lipinski definition) is 0. The van der Waals surface area contributed by atoms with E-state index in [-0.39, 0.29) is 19.3 Å². The van der Waals surface area contributed by atoms with Crippen LogP contribution in [0.4, 0.5) is 0 Å². The maximum atomic E-state index is 5.53. The third-order valence-electron chi connectivity index (χ3n) is 2.16. The standard InChI is InChI=1S/C8H11BN2O2/c1-6-7(2)13-9(12-6)8-5-10-3-4-11-8/h3-7H,1-2H3. The predicted molar refractivity (Wildman–Crippen MR) is 48.5 cm³/mol. The summed E-state index contributed by atoms with van der Waals surface area (Å²) in [7, 11) is -0.348. The molecule has 1 saturated heterocycles. The zero-order valence-corrected chi connectivity index (χ0v) is 7.68. The van der Waals surface area contributed by atoms with Crippen molar-refractivity contribution in [2.75, 3.05) is 0 Å². The van der Waals surface area contributed by atoms with Crippen molar-refractivity contribution >= 4 is 12.7 Å². The summed E-state index contributed by atoms with van der Waals surface area (Å²) in [6.07, 6.45) is 5.16. The van der Waals surface area contributed by atoms with Crippen molar-refractivity contribution in [1.82, 2.24) is 9.97 Å². The van der Waals surface area contributed by atoms with E-state index in [1.165, 1.54) is 0 Å². The topological polar surface area (TPSA) is 44.2 Å². The van der Waals surface area contributed by atoms with Crippen molar-refractivity contribution in [3.05, 3.63) is 18.6 Å². The highest BCUT2D eigenvalue weighted by molar-refractivity contribution is 6.60. The second-order valence-corrected chi connectivity index (χ2v) is 3.14. The number of nitrogens with zero attached hydrogens (tertiary/aromatic N) is 2. The van der Waals surface area contributed by atoms with Crippen LogP contribution in [0.3, 0.4) is 0 Å². The maximum absolute atomic E-state index is 5.53. The van der Waals surface area contributed by atoms with E-state index < -0.39 is 0 Å². The van der Waals surface area contributed by atoms with Gasteiger partial charge >= 0.3 is 7.12 Å². The van der Waals surface area contributed by atoms with E-state index in [1.807, 2.05) is 13.8 Å². The van der Waals surface area contributed by atoms with E-state index in [4.69, 9.17) is 9.31 Å². The Hall–Kier alpha value is -0.935. The number of aromatic nitrogens is 2. The van der Waals surface area contributed by atoms with E-state index in [9.17, 15) is 0 Å². The summed E-state index contributed by atoms with van der Waals surface area (Å²) in [5.41, 5.74) is 0.735. The molecule has 0 spiro atoms. The third-order valence-corrected chi connectivity index (χ3v) is 2.16. The summed E-state index contributed by atoms with van der Waals surface area (Å²) in [5.74, 6) is 0. The van der Waals surface area contributed by atoms with Crippen molar-refractivity contribution in [1.29, 1.82) is 0 Å². The van der Waals surface area contributed by atoms with Crippen molar-refractivity contribution in [3.63, 3.8) is 0 Å². The molecule has 4 nitrogen and oxygen atoms in total. The van der Waals surface area contributed by atoms with Crippen molar-refractivity contribution in [2.24, 2.45) is 0 Å². The molecule has 2 unspecified atom stereocenters. The monoisotopic (exact) mass is 178 g/mol. The number of hydrogen-bond acceptors (Lipinski definition) is 4. The van der Waals surface area contributed by atoms with Gasteiger partial charge in [0.2, 0.25) is 0 Å². The average Bonchev–Trinajstić information content (AvgIpc) is 2.49. The van der Waals surface area contributed by atoms with Crippen LogP contribution in [0.1, 0.15) is 13.8 Å². The fourth-order valence-corrected chi connectivity index (χ4v) is 1.22. The van der Waals surface area contributed by atoms with Crippen LogP contribution in [0.5, 0.6) is 0 Å². The Morgan fingerprint density at radius 2 is 1.92 bits per heavy atom. The van der Waals surface area contributed by atoms with Gasteiger partial charge in [-0.15, -0.1) is 0 Å². The van der Waals surface area contributed by atoms with Gasteiger partial charge in [-0.25, -0.2) is 0 Å². The van der Waals surface area contributed by atoms with Crippen LogP contribution in [-0.4, -0.2) is 29.3 Å². The normalized spacial score (nSPS) is 28.0. The van der Waals surface area contributed by atoms with Crippen molar-refractivity contribution in [3.8, 4) is 0 Å². The number of rotatable bonds is 1. The third kappa shape index (κ3) is 1.71. The molecule has 1 aromatic heterocycles. The van der Waals surface area contributed by atoms with E-state index in [2.05, 4.69) is 9.97 Å². The molecule has 0 saturated carbocycles. The van der Waals surface area contributed by atoms with Gasteiger partial charge in [0.15, 0.2) is 0 Å². The molecule has 0 aromatic carbocycles. The molecule has 0 bridgehead atoms. The molecule has 13 heavy (non-hydrogen) atoms. The molecular weight excluding hydrogens is 167 g/mol. The molecule has 0 amide bonds. The summed E-state index contributed by atoms with van der Waals surface area (Å²) < 4.78 is 11.1. The first-order valence-corrected chi connectivity index (χ1v) is 4.34. The van der Waals surface area contributed by atoms with Gasteiger partial charge in [-0.3, -0.25) is 9.97 Å². The quantitative estimate of drug-likeness (QED) is 0.567. The highest BCUT2D eigenvalue weighted by Gasteiger charge is 2.37. The molecular formula is C8H11BN2O2. The Morgan fingerprint density at radius 1 is 1.23 bits per heavy atom. The Labute approximate surface area is 77.4 Å². The zero-order chi connectivity index (χ0) is 9.26. The summed E-state index contributed by atoms with van der Waals surface area (Å²) in [4.78, 5) is 8.07. The SMILES string of the molecule is CC1OB(c2cnccn2)OC1C. The van der Waals surface area contributed by atoms with E-state index >= 15 is 0 Å². The molecule has 2 atom stereocenters. The van der Waals surface area contributed by atoms with E-state index in [0.29, 0.717) is 0 Å². The maximum Gasteiger partial charge on any atom is 0.515 e. The zero-order valence-electron chi connectivity index (χ0n) is 7.68. The lowest BCUT2D eigenvalue weighted by Gasteiger charge is -2.04. The first-order chi connectivity index (χ1) is 6.27. The summed E-state index contributed by atoms with van der Waals surface area (Å²) in [5, 5.41) is 0. The molecule has 0 radical (unpaired) electrons. The van der Waals surface area contributed by atoms with Crippen LogP contribution in [-0.2, 0) is 9.31 Å². The van der Waals surface area contributed by atoms with Gasteiger partial charge in [0.05, 0.1) is 17.8 Å². The van der Waals surface area contributed by atoms with Crippen molar-refractivity contribution in [2.45, 2.75) is 26.1 Å². The van der Waals surface area contributed by atoms with Gasteiger partial charge in [-0.2, -0.15) is 0 Å².